The lowest BCUT2D eigenvalue weighted by atomic mass is 9.96. The second kappa shape index (κ2) is 5.92. The van der Waals surface area contributed by atoms with Gasteiger partial charge >= 0.3 is 0 Å². The number of carbonyl (C=O) groups excluding carboxylic acids is 2. The fraction of sp³-hybridized carbons (Fsp3) is 0.167. The number of amides is 1. The molecule has 5 rings (SSSR count). The molecule has 0 unspecified atom stereocenters. The highest BCUT2D eigenvalue weighted by atomic mass is 16.1. The van der Waals surface area contributed by atoms with Gasteiger partial charge in [-0.15, -0.1) is 0 Å². The van der Waals surface area contributed by atoms with Crippen LogP contribution in [0.4, 0.5) is 0 Å². The Bertz CT molecular complexity index is 1060. The molecule has 1 N–H and O–H groups in total. The summed E-state index contributed by atoms with van der Waals surface area (Å²) >= 11 is 0. The summed E-state index contributed by atoms with van der Waals surface area (Å²) in [6.07, 6.45) is 2.19. The number of fused-ring (bicyclic) bond motifs is 3. The molecular weight excluding hydrogens is 334 g/mol. The van der Waals surface area contributed by atoms with Crippen molar-refractivity contribution in [1.82, 2.24) is 5.32 Å². The topological polar surface area (TPSA) is 46.2 Å². The first kappa shape index (κ1) is 16.0. The Hall–Kier alpha value is -3.20. The van der Waals surface area contributed by atoms with Gasteiger partial charge in [-0.25, -0.2) is 0 Å². The predicted octanol–water partition coefficient (Wildman–Crippen LogP) is 4.36. The lowest BCUT2D eigenvalue weighted by molar-refractivity contribution is 0.0949. The third kappa shape index (κ3) is 2.58. The van der Waals surface area contributed by atoms with E-state index in [0.717, 1.165) is 24.0 Å². The molecule has 132 valence electrons. The number of carbonyl (C=O) groups is 2. The summed E-state index contributed by atoms with van der Waals surface area (Å²) in [7, 11) is 0. The van der Waals surface area contributed by atoms with Crippen molar-refractivity contribution in [3.05, 3.63) is 95.1 Å². The van der Waals surface area contributed by atoms with E-state index < -0.39 is 0 Å². The van der Waals surface area contributed by atoms with Crippen LogP contribution in [0, 0.1) is 0 Å². The summed E-state index contributed by atoms with van der Waals surface area (Å²) in [5, 5.41) is 3.08. The fourth-order valence-corrected chi connectivity index (χ4v) is 4.03. The Labute approximate surface area is 158 Å². The summed E-state index contributed by atoms with van der Waals surface area (Å²) in [6.45, 7) is 0.626. The zero-order valence-corrected chi connectivity index (χ0v) is 14.9. The van der Waals surface area contributed by atoms with Gasteiger partial charge in [0, 0.05) is 28.7 Å². The molecule has 1 saturated carbocycles. The summed E-state index contributed by atoms with van der Waals surface area (Å²) in [5.74, 6) is -0.123. The molecule has 0 atom stereocenters. The molecule has 3 aromatic rings. The van der Waals surface area contributed by atoms with E-state index in [1.807, 2.05) is 54.6 Å². The van der Waals surface area contributed by atoms with Gasteiger partial charge in [0.2, 0.25) is 0 Å². The lowest BCUT2D eigenvalue weighted by Gasteiger charge is -2.16. The van der Waals surface area contributed by atoms with Crippen LogP contribution in [0.3, 0.4) is 0 Å². The van der Waals surface area contributed by atoms with Gasteiger partial charge in [0.25, 0.3) is 5.91 Å². The minimum atomic E-state index is -0.122. The first-order valence-corrected chi connectivity index (χ1v) is 9.30. The van der Waals surface area contributed by atoms with Crippen molar-refractivity contribution in [2.45, 2.75) is 18.3 Å². The molecule has 0 saturated heterocycles. The molecule has 3 heteroatoms. The molecule has 0 aromatic heterocycles. The largest absolute Gasteiger partial charge is 0.351 e. The Morgan fingerprint density at radius 3 is 2.22 bits per heavy atom. The molecule has 0 bridgehead atoms. The van der Waals surface area contributed by atoms with Crippen LogP contribution in [0.5, 0.6) is 0 Å². The molecular formula is C24H19NO2. The average molecular weight is 353 g/mol. The van der Waals surface area contributed by atoms with Crippen LogP contribution < -0.4 is 5.32 Å². The van der Waals surface area contributed by atoms with Crippen molar-refractivity contribution in [3.8, 4) is 11.1 Å². The van der Waals surface area contributed by atoms with E-state index in [1.54, 1.807) is 6.07 Å². The third-order valence-corrected chi connectivity index (χ3v) is 5.82. The van der Waals surface area contributed by atoms with Crippen molar-refractivity contribution in [2.24, 2.45) is 0 Å². The zero-order valence-electron chi connectivity index (χ0n) is 14.9. The van der Waals surface area contributed by atoms with Gasteiger partial charge in [-0.3, -0.25) is 9.59 Å². The van der Waals surface area contributed by atoms with Crippen LogP contribution >= 0.6 is 0 Å². The van der Waals surface area contributed by atoms with Crippen LogP contribution in [0.25, 0.3) is 11.1 Å². The highest BCUT2D eigenvalue weighted by Gasteiger charge is 2.44. The van der Waals surface area contributed by atoms with Crippen LogP contribution in [-0.4, -0.2) is 18.2 Å². The maximum Gasteiger partial charge on any atom is 0.251 e. The van der Waals surface area contributed by atoms with Gasteiger partial charge in [-0.2, -0.15) is 0 Å². The van der Waals surface area contributed by atoms with E-state index in [0.29, 0.717) is 23.2 Å². The second-order valence-corrected chi connectivity index (χ2v) is 7.46. The molecule has 1 fully saturated rings. The first-order valence-electron chi connectivity index (χ1n) is 9.30. The van der Waals surface area contributed by atoms with Crippen molar-refractivity contribution in [3.63, 3.8) is 0 Å². The molecule has 1 amide bonds. The maximum atomic E-state index is 12.7. The smallest absolute Gasteiger partial charge is 0.251 e. The second-order valence-electron chi connectivity index (χ2n) is 7.46. The van der Waals surface area contributed by atoms with Crippen LogP contribution in [0.1, 0.15) is 44.7 Å². The Balaban J connectivity index is 1.36. The molecule has 2 aliphatic rings. The number of nitrogens with one attached hydrogen (secondary N) is 1. The van der Waals surface area contributed by atoms with Crippen molar-refractivity contribution in [1.29, 1.82) is 0 Å². The fourth-order valence-electron chi connectivity index (χ4n) is 4.03. The summed E-state index contributed by atoms with van der Waals surface area (Å²) < 4.78 is 0. The highest BCUT2D eigenvalue weighted by Crippen LogP contribution is 2.47. The van der Waals surface area contributed by atoms with Crippen molar-refractivity contribution >= 4 is 11.7 Å². The average Bonchev–Trinajstić information content (AvgIpc) is 3.47. The molecule has 0 aliphatic heterocycles. The standard InChI is InChI=1S/C24H19NO2/c26-22-20-9-5-4-8-18(20)19-11-10-16(14-21(19)22)23(27)25-15-24(12-13-24)17-6-2-1-3-7-17/h1-11,14H,12-13,15H2,(H,25,27). The molecule has 0 heterocycles. The molecule has 3 aromatic carbocycles. The van der Waals surface area contributed by atoms with E-state index in [-0.39, 0.29) is 17.1 Å². The van der Waals surface area contributed by atoms with Gasteiger partial charge in [-0.1, -0.05) is 60.7 Å². The lowest BCUT2D eigenvalue weighted by Crippen LogP contribution is -2.32. The maximum absolute atomic E-state index is 12.7. The minimum Gasteiger partial charge on any atom is -0.351 e. The summed E-state index contributed by atoms with van der Waals surface area (Å²) in [6, 6.07) is 23.4. The molecule has 0 radical (unpaired) electrons. The SMILES string of the molecule is O=C(NCC1(c2ccccc2)CC1)c1ccc2c(c1)C(=O)c1ccccc1-2. The van der Waals surface area contributed by atoms with Gasteiger partial charge < -0.3 is 5.32 Å². The monoisotopic (exact) mass is 353 g/mol. The van der Waals surface area contributed by atoms with Gasteiger partial charge in [0.05, 0.1) is 0 Å². The van der Waals surface area contributed by atoms with Crippen molar-refractivity contribution in [2.75, 3.05) is 6.54 Å². The molecule has 0 spiro atoms. The number of hydrogen-bond acceptors (Lipinski definition) is 2. The highest BCUT2D eigenvalue weighted by molar-refractivity contribution is 6.22. The minimum absolute atomic E-state index is 0.00167. The van der Waals surface area contributed by atoms with E-state index in [4.69, 9.17) is 0 Å². The normalized spacial score (nSPS) is 15.8. The number of benzene rings is 3. The molecule has 3 nitrogen and oxygen atoms in total. The van der Waals surface area contributed by atoms with Crippen LogP contribution in [0.15, 0.2) is 72.8 Å². The van der Waals surface area contributed by atoms with Crippen LogP contribution in [0.2, 0.25) is 0 Å². The van der Waals surface area contributed by atoms with Gasteiger partial charge in [-0.05, 0) is 41.7 Å². The summed E-state index contributed by atoms with van der Waals surface area (Å²) in [4.78, 5) is 25.4. The number of ketones is 1. The Morgan fingerprint density at radius 2 is 1.48 bits per heavy atom. The number of rotatable bonds is 4. The van der Waals surface area contributed by atoms with Crippen LogP contribution in [-0.2, 0) is 5.41 Å². The van der Waals surface area contributed by atoms with E-state index in [1.165, 1.54) is 5.56 Å². The zero-order chi connectivity index (χ0) is 18.4. The predicted molar refractivity (Wildman–Crippen MR) is 105 cm³/mol. The number of hydrogen-bond donors (Lipinski definition) is 1. The first-order chi connectivity index (χ1) is 13.2. The van der Waals surface area contributed by atoms with E-state index in [9.17, 15) is 9.59 Å². The van der Waals surface area contributed by atoms with Gasteiger partial charge in [0.15, 0.2) is 5.78 Å². The Morgan fingerprint density at radius 1 is 0.815 bits per heavy atom. The third-order valence-electron chi connectivity index (χ3n) is 5.82. The quantitative estimate of drug-likeness (QED) is 0.592. The Kier molecular flexibility index (Phi) is 3.51. The molecule has 27 heavy (non-hydrogen) atoms. The van der Waals surface area contributed by atoms with Gasteiger partial charge in [0.1, 0.15) is 0 Å². The molecule has 2 aliphatic carbocycles. The van der Waals surface area contributed by atoms with E-state index >= 15 is 0 Å². The summed E-state index contributed by atoms with van der Waals surface area (Å²) in [5.41, 5.74) is 5.09. The van der Waals surface area contributed by atoms with E-state index in [2.05, 4.69) is 17.4 Å². The van der Waals surface area contributed by atoms with Crippen molar-refractivity contribution < 1.29 is 9.59 Å².